The maximum absolute atomic E-state index is 10.1. The molecule has 1 rings (SSSR count). The molecule has 2 heteroatoms. The van der Waals surface area contributed by atoms with Crippen LogP contribution in [0.2, 0.25) is 0 Å². The third kappa shape index (κ3) is 5.22. The molecule has 0 fully saturated rings. The van der Waals surface area contributed by atoms with E-state index in [1.807, 2.05) is 0 Å². The van der Waals surface area contributed by atoms with Crippen LogP contribution in [0, 0.1) is 0 Å². The van der Waals surface area contributed by atoms with Crippen molar-refractivity contribution in [2.24, 2.45) is 0 Å². The van der Waals surface area contributed by atoms with Gasteiger partial charge in [-0.2, -0.15) is 0 Å². The normalized spacial score (nSPS) is 12.9. The third-order valence-corrected chi connectivity index (χ3v) is 4.36. The van der Waals surface area contributed by atoms with Gasteiger partial charge in [-0.05, 0) is 29.9 Å². The number of aliphatic hydroxyl groups is 1. The summed E-state index contributed by atoms with van der Waals surface area (Å²) in [6.07, 6.45) is 9.50. The molecule has 1 atom stereocenters. The Morgan fingerprint density at radius 1 is 1.12 bits per heavy atom. The van der Waals surface area contributed by atoms with Crippen LogP contribution in [-0.2, 0) is 6.42 Å². The summed E-state index contributed by atoms with van der Waals surface area (Å²) >= 11 is 1.70. The van der Waals surface area contributed by atoms with Crippen LogP contribution in [0.1, 0.15) is 75.3 Å². The van der Waals surface area contributed by atoms with Crippen molar-refractivity contribution in [2.45, 2.75) is 71.3 Å². The summed E-state index contributed by atoms with van der Waals surface area (Å²) in [4.78, 5) is 1.20. The molecule has 0 amide bonds. The van der Waals surface area contributed by atoms with Crippen LogP contribution in [-0.4, -0.2) is 5.11 Å². The Hall–Kier alpha value is -0.340. The minimum Gasteiger partial charge on any atom is -0.388 e. The molecule has 0 aliphatic carbocycles. The van der Waals surface area contributed by atoms with Crippen LogP contribution in [0.4, 0.5) is 0 Å². The number of hydrogen-bond donors (Lipinski definition) is 1. The van der Waals surface area contributed by atoms with E-state index in [1.165, 1.54) is 42.5 Å². The molecule has 0 aromatic carbocycles. The summed E-state index contributed by atoms with van der Waals surface area (Å²) in [5.74, 6) is 0. The Kier molecular flexibility index (Phi) is 7.54. The van der Waals surface area contributed by atoms with Crippen molar-refractivity contribution in [1.82, 2.24) is 0 Å². The predicted octanol–water partition coefficient (Wildman–Crippen LogP) is 5.09. The van der Waals surface area contributed by atoms with E-state index in [0.717, 1.165) is 19.3 Å². The molecular formula is C15H26OS. The highest BCUT2D eigenvalue weighted by Crippen LogP contribution is 2.28. The number of aliphatic hydroxyl groups excluding tert-OH is 1. The van der Waals surface area contributed by atoms with E-state index in [4.69, 9.17) is 0 Å². The average Bonchev–Trinajstić information content (AvgIpc) is 2.81. The SMILES string of the molecule is CCCCCCCCC(O)c1sccc1CC. The molecule has 1 aromatic heterocycles. The first-order valence-corrected chi connectivity index (χ1v) is 7.91. The molecule has 17 heavy (non-hydrogen) atoms. The zero-order chi connectivity index (χ0) is 12.5. The zero-order valence-electron chi connectivity index (χ0n) is 11.2. The fourth-order valence-corrected chi connectivity index (χ4v) is 3.20. The molecule has 1 nitrogen and oxygen atoms in total. The number of thiophene rings is 1. The van der Waals surface area contributed by atoms with Crippen LogP contribution >= 0.6 is 11.3 Å². The Balaban J connectivity index is 2.19. The lowest BCUT2D eigenvalue weighted by Gasteiger charge is -2.10. The van der Waals surface area contributed by atoms with Crippen molar-refractivity contribution in [2.75, 3.05) is 0 Å². The molecule has 1 aromatic rings. The smallest absolute Gasteiger partial charge is 0.0884 e. The topological polar surface area (TPSA) is 20.2 Å². The van der Waals surface area contributed by atoms with E-state index in [2.05, 4.69) is 25.3 Å². The summed E-state index contributed by atoms with van der Waals surface area (Å²) in [6.45, 7) is 4.40. The van der Waals surface area contributed by atoms with Gasteiger partial charge >= 0.3 is 0 Å². The lowest BCUT2D eigenvalue weighted by molar-refractivity contribution is 0.166. The predicted molar refractivity (Wildman–Crippen MR) is 76.6 cm³/mol. The fourth-order valence-electron chi connectivity index (χ4n) is 2.18. The van der Waals surface area contributed by atoms with E-state index in [-0.39, 0.29) is 6.10 Å². The van der Waals surface area contributed by atoms with Crippen LogP contribution in [0.25, 0.3) is 0 Å². The second-order valence-electron chi connectivity index (χ2n) is 4.74. The molecular weight excluding hydrogens is 228 g/mol. The van der Waals surface area contributed by atoms with Gasteiger partial charge in [0.15, 0.2) is 0 Å². The lowest BCUT2D eigenvalue weighted by atomic mass is 10.0. The third-order valence-electron chi connectivity index (χ3n) is 3.30. The van der Waals surface area contributed by atoms with E-state index >= 15 is 0 Å². The quantitative estimate of drug-likeness (QED) is 0.608. The van der Waals surface area contributed by atoms with E-state index in [0.29, 0.717) is 0 Å². The molecule has 1 unspecified atom stereocenters. The second-order valence-corrected chi connectivity index (χ2v) is 5.68. The molecule has 1 heterocycles. The summed E-state index contributed by atoms with van der Waals surface area (Å²) in [5.41, 5.74) is 1.33. The van der Waals surface area contributed by atoms with Crippen molar-refractivity contribution in [3.05, 3.63) is 21.9 Å². The number of unbranched alkanes of at least 4 members (excludes halogenated alkanes) is 5. The van der Waals surface area contributed by atoms with Gasteiger partial charge in [-0.3, -0.25) is 0 Å². The second kappa shape index (κ2) is 8.71. The summed E-state index contributed by atoms with van der Waals surface area (Å²) in [6, 6.07) is 2.14. The molecule has 98 valence electrons. The number of aryl methyl sites for hydroxylation is 1. The Morgan fingerprint density at radius 3 is 2.53 bits per heavy atom. The maximum Gasteiger partial charge on any atom is 0.0884 e. The molecule has 0 bridgehead atoms. The van der Waals surface area contributed by atoms with Gasteiger partial charge in [-0.1, -0.05) is 52.4 Å². The molecule has 0 spiro atoms. The van der Waals surface area contributed by atoms with Gasteiger partial charge < -0.3 is 5.11 Å². The fraction of sp³-hybridized carbons (Fsp3) is 0.733. The van der Waals surface area contributed by atoms with E-state index < -0.39 is 0 Å². The van der Waals surface area contributed by atoms with Crippen molar-refractivity contribution in [3.8, 4) is 0 Å². The summed E-state index contributed by atoms with van der Waals surface area (Å²) in [5, 5.41) is 12.2. The molecule has 0 saturated heterocycles. The minimum absolute atomic E-state index is 0.226. The standard InChI is InChI=1S/C15H26OS/c1-3-5-6-7-8-9-10-14(16)15-13(4-2)11-12-17-15/h11-12,14,16H,3-10H2,1-2H3. The summed E-state index contributed by atoms with van der Waals surface area (Å²) < 4.78 is 0. The van der Waals surface area contributed by atoms with Crippen molar-refractivity contribution in [3.63, 3.8) is 0 Å². The van der Waals surface area contributed by atoms with Gasteiger partial charge in [-0.15, -0.1) is 11.3 Å². The van der Waals surface area contributed by atoms with Crippen LogP contribution in [0.3, 0.4) is 0 Å². The average molecular weight is 254 g/mol. The lowest BCUT2D eigenvalue weighted by Crippen LogP contribution is -1.98. The minimum atomic E-state index is -0.226. The van der Waals surface area contributed by atoms with Crippen molar-refractivity contribution < 1.29 is 5.11 Å². The van der Waals surface area contributed by atoms with Crippen molar-refractivity contribution in [1.29, 1.82) is 0 Å². The highest BCUT2D eigenvalue weighted by atomic mass is 32.1. The van der Waals surface area contributed by atoms with Crippen LogP contribution in [0.5, 0.6) is 0 Å². The highest BCUT2D eigenvalue weighted by molar-refractivity contribution is 7.10. The zero-order valence-corrected chi connectivity index (χ0v) is 12.1. The Bertz CT molecular complexity index is 293. The van der Waals surface area contributed by atoms with Gasteiger partial charge in [-0.25, -0.2) is 0 Å². The van der Waals surface area contributed by atoms with Crippen LogP contribution < -0.4 is 0 Å². The van der Waals surface area contributed by atoms with Gasteiger partial charge in [0.05, 0.1) is 6.10 Å². The first-order chi connectivity index (χ1) is 8.29. The van der Waals surface area contributed by atoms with Gasteiger partial charge in [0.1, 0.15) is 0 Å². The van der Waals surface area contributed by atoms with E-state index in [9.17, 15) is 5.11 Å². The monoisotopic (exact) mass is 254 g/mol. The maximum atomic E-state index is 10.1. The van der Waals surface area contributed by atoms with Gasteiger partial charge in [0.25, 0.3) is 0 Å². The largest absolute Gasteiger partial charge is 0.388 e. The first kappa shape index (κ1) is 14.7. The molecule has 0 saturated carbocycles. The van der Waals surface area contributed by atoms with Crippen LogP contribution in [0.15, 0.2) is 11.4 Å². The first-order valence-electron chi connectivity index (χ1n) is 7.03. The Morgan fingerprint density at radius 2 is 1.82 bits per heavy atom. The van der Waals surface area contributed by atoms with Gasteiger partial charge in [0, 0.05) is 4.88 Å². The van der Waals surface area contributed by atoms with Crippen molar-refractivity contribution >= 4 is 11.3 Å². The Labute approximate surface area is 110 Å². The molecule has 0 aliphatic heterocycles. The molecule has 1 N–H and O–H groups in total. The number of rotatable bonds is 9. The summed E-state index contributed by atoms with van der Waals surface area (Å²) in [7, 11) is 0. The van der Waals surface area contributed by atoms with E-state index in [1.54, 1.807) is 11.3 Å². The molecule has 0 radical (unpaired) electrons. The molecule has 0 aliphatic rings. The number of hydrogen-bond acceptors (Lipinski definition) is 2. The van der Waals surface area contributed by atoms with Gasteiger partial charge in [0.2, 0.25) is 0 Å². The highest BCUT2D eigenvalue weighted by Gasteiger charge is 2.12.